The van der Waals surface area contributed by atoms with Gasteiger partial charge in [0.15, 0.2) is 0 Å². The van der Waals surface area contributed by atoms with Crippen molar-refractivity contribution in [3.05, 3.63) is 16.1 Å². The minimum absolute atomic E-state index is 0.294. The molecule has 0 bridgehead atoms. The van der Waals surface area contributed by atoms with Crippen molar-refractivity contribution in [2.45, 2.75) is 12.5 Å². The van der Waals surface area contributed by atoms with Gasteiger partial charge >= 0.3 is 0 Å². The molecule has 0 saturated carbocycles. The van der Waals surface area contributed by atoms with Crippen LogP contribution in [0.25, 0.3) is 0 Å². The molecule has 1 heterocycles. The second-order valence-electron chi connectivity index (χ2n) is 4.05. The third-order valence-electron chi connectivity index (χ3n) is 2.66. The number of anilines is 1. The molecule has 0 aromatic heterocycles. The summed E-state index contributed by atoms with van der Waals surface area (Å²) in [6, 6.07) is 0.950. The molecule has 2 rings (SSSR count). The van der Waals surface area contributed by atoms with Crippen molar-refractivity contribution in [3.63, 3.8) is 0 Å². The normalized spacial score (nSPS) is 13.8. The van der Waals surface area contributed by atoms with Crippen molar-refractivity contribution >= 4 is 69.3 Å². The zero-order valence-corrected chi connectivity index (χ0v) is 13.7. The summed E-state index contributed by atoms with van der Waals surface area (Å²) in [5.41, 5.74) is 7.24. The molecule has 108 valence electrons. The van der Waals surface area contributed by atoms with Crippen molar-refractivity contribution < 1.29 is 4.79 Å². The van der Waals surface area contributed by atoms with E-state index in [-0.39, 0.29) is 5.91 Å². The van der Waals surface area contributed by atoms with E-state index in [0.717, 1.165) is 17.1 Å². The van der Waals surface area contributed by atoms with Gasteiger partial charge in [-0.1, -0.05) is 23.2 Å². The van der Waals surface area contributed by atoms with Crippen molar-refractivity contribution in [1.82, 2.24) is 0 Å². The van der Waals surface area contributed by atoms with E-state index >= 15 is 0 Å². The van der Waals surface area contributed by atoms with E-state index in [0.29, 0.717) is 33.5 Å². The maximum absolute atomic E-state index is 12.0. The Hall–Kier alpha value is -0.600. The summed E-state index contributed by atoms with van der Waals surface area (Å²) in [6.45, 7) is 0. The monoisotopic (exact) mass is 350 g/mol. The van der Waals surface area contributed by atoms with Gasteiger partial charge in [-0.05, 0) is 24.5 Å². The number of nitrogens with one attached hydrogen (secondary N) is 1. The van der Waals surface area contributed by atoms with Gasteiger partial charge in [0, 0.05) is 0 Å². The van der Waals surface area contributed by atoms with E-state index in [1.165, 1.54) is 6.07 Å². The maximum Gasteiger partial charge on any atom is 0.241 e. The van der Waals surface area contributed by atoms with Crippen LogP contribution >= 0.6 is 35.0 Å². The Bertz CT molecular complexity index is 617. The molecule has 5 nitrogen and oxygen atoms in total. The van der Waals surface area contributed by atoms with Gasteiger partial charge in [-0.3, -0.25) is 4.79 Å². The van der Waals surface area contributed by atoms with Gasteiger partial charge < -0.3 is 11.1 Å². The number of halogens is 2. The van der Waals surface area contributed by atoms with Crippen LogP contribution in [0.4, 0.5) is 17.1 Å². The number of hydrogen-bond donors (Lipinski definition) is 2. The van der Waals surface area contributed by atoms with Crippen molar-refractivity contribution in [2.24, 2.45) is 14.5 Å². The van der Waals surface area contributed by atoms with Crippen LogP contribution in [0.2, 0.25) is 10.0 Å². The smallest absolute Gasteiger partial charge is 0.241 e. The molecular weight excluding hydrogens is 339 g/mol. The molecule has 0 spiro atoms. The van der Waals surface area contributed by atoms with Crippen molar-refractivity contribution in [2.75, 3.05) is 17.3 Å². The molecule has 1 aromatic carbocycles. The van der Waals surface area contributed by atoms with Crippen LogP contribution in [0.5, 0.6) is 0 Å². The van der Waals surface area contributed by atoms with Gasteiger partial charge in [0.1, 0.15) is 11.4 Å². The van der Waals surface area contributed by atoms with E-state index < -0.39 is 6.04 Å². The van der Waals surface area contributed by atoms with Gasteiger partial charge in [-0.15, -0.1) is 0 Å². The summed E-state index contributed by atoms with van der Waals surface area (Å²) in [5.74, 6) is 0.522. The fourth-order valence-electron chi connectivity index (χ4n) is 1.58. The lowest BCUT2D eigenvalue weighted by Gasteiger charge is -2.14. The van der Waals surface area contributed by atoms with Gasteiger partial charge in [0.25, 0.3) is 0 Å². The number of fused-ring (bicyclic) bond motifs is 1. The van der Waals surface area contributed by atoms with Crippen molar-refractivity contribution in [3.8, 4) is 0 Å². The molecule has 1 amide bonds. The molecule has 1 atom stereocenters. The molecular formula is C11H12Cl2N4OS2. The van der Waals surface area contributed by atoms with Crippen LogP contribution in [0.3, 0.4) is 0 Å². The van der Waals surface area contributed by atoms with Crippen LogP contribution in [-0.2, 0) is 16.1 Å². The summed E-state index contributed by atoms with van der Waals surface area (Å²) in [7, 11) is 0. The highest BCUT2D eigenvalue weighted by molar-refractivity contribution is 7.98. The largest absolute Gasteiger partial charge is 0.322 e. The number of nitrogens with two attached hydrogens (primary N) is 1. The van der Waals surface area contributed by atoms with Crippen LogP contribution < -0.4 is 11.1 Å². The predicted octanol–water partition coefficient (Wildman–Crippen LogP) is 3.74. The van der Waals surface area contributed by atoms with E-state index in [9.17, 15) is 4.79 Å². The number of benzene rings is 1. The molecule has 0 unspecified atom stereocenters. The fraction of sp³-hybridized carbons (Fsp3) is 0.364. The number of thioether (sulfide) groups is 1. The van der Waals surface area contributed by atoms with Crippen LogP contribution in [0.15, 0.2) is 14.8 Å². The van der Waals surface area contributed by atoms with E-state index in [1.54, 1.807) is 11.8 Å². The first kappa shape index (κ1) is 15.8. The lowest BCUT2D eigenvalue weighted by Crippen LogP contribution is -2.36. The summed E-state index contributed by atoms with van der Waals surface area (Å²) in [6.07, 6.45) is 2.56. The molecule has 0 radical (unpaired) electrons. The number of rotatable bonds is 5. The Labute approximate surface area is 134 Å². The minimum atomic E-state index is -0.587. The Balaban J connectivity index is 2.21. The van der Waals surface area contributed by atoms with E-state index in [2.05, 4.69) is 14.0 Å². The Morgan fingerprint density at radius 2 is 2.15 bits per heavy atom. The van der Waals surface area contributed by atoms with Crippen molar-refractivity contribution in [1.29, 1.82) is 0 Å². The predicted molar refractivity (Wildman–Crippen MR) is 87.6 cm³/mol. The van der Waals surface area contributed by atoms with Gasteiger partial charge in [-0.25, -0.2) is 0 Å². The summed E-state index contributed by atoms with van der Waals surface area (Å²) in [5, 5.41) is 3.44. The minimum Gasteiger partial charge on any atom is -0.322 e. The topological polar surface area (TPSA) is 79.8 Å². The third kappa shape index (κ3) is 3.35. The first-order valence-corrected chi connectivity index (χ1v) is 8.58. The first-order valence-electron chi connectivity index (χ1n) is 5.70. The van der Waals surface area contributed by atoms with Gasteiger partial charge in [-0.2, -0.15) is 20.5 Å². The van der Waals surface area contributed by atoms with Crippen LogP contribution in [-0.4, -0.2) is 24.0 Å². The standard InChI is InChI=1S/C11H12Cl2N4OS2/c1-19-3-2-7(14)11(18)15-8-5(12)4-6(13)9-10(8)17-20-16-9/h4,7H,2-3,14H2,1H3,(H,15,18)/t7-/m1/s1. The fourth-order valence-corrected chi connectivity index (χ4v) is 3.23. The second kappa shape index (κ2) is 6.91. The number of carbonyl (C=O) groups excluding carboxylic acids is 1. The third-order valence-corrected chi connectivity index (χ3v) is 4.42. The van der Waals surface area contributed by atoms with Crippen LogP contribution in [0, 0.1) is 0 Å². The van der Waals surface area contributed by atoms with E-state index in [1.807, 2.05) is 6.26 Å². The number of carbonyl (C=O) groups is 1. The lowest BCUT2D eigenvalue weighted by molar-refractivity contribution is -0.117. The Kier molecular flexibility index (Phi) is 5.45. The first-order chi connectivity index (χ1) is 9.54. The molecule has 0 aliphatic carbocycles. The molecule has 0 saturated heterocycles. The number of amides is 1. The zero-order chi connectivity index (χ0) is 14.7. The van der Waals surface area contributed by atoms with Gasteiger partial charge in [0.05, 0.1) is 33.1 Å². The second-order valence-corrected chi connectivity index (χ2v) is 6.38. The van der Waals surface area contributed by atoms with Gasteiger partial charge in [0.2, 0.25) is 5.91 Å². The molecule has 1 aliphatic rings. The molecule has 1 aliphatic heterocycles. The highest BCUT2D eigenvalue weighted by Gasteiger charge is 2.22. The average molecular weight is 351 g/mol. The molecule has 1 aromatic rings. The SMILES string of the molecule is CSCC[C@@H](N)C(=O)Nc1c(Cl)cc(Cl)c2c1N=S=N2. The maximum atomic E-state index is 12.0. The molecule has 9 heteroatoms. The lowest BCUT2D eigenvalue weighted by atomic mass is 10.2. The number of nitrogens with zero attached hydrogens (tertiary/aromatic N) is 2. The summed E-state index contributed by atoms with van der Waals surface area (Å²) >= 11 is 14.8. The Morgan fingerprint density at radius 1 is 1.45 bits per heavy atom. The number of hydrogen-bond acceptors (Lipinski definition) is 5. The Morgan fingerprint density at radius 3 is 2.85 bits per heavy atom. The van der Waals surface area contributed by atoms with Crippen LogP contribution in [0.1, 0.15) is 6.42 Å². The molecule has 0 fully saturated rings. The molecule has 20 heavy (non-hydrogen) atoms. The summed E-state index contributed by atoms with van der Waals surface area (Å²) in [4.78, 5) is 12.0. The van der Waals surface area contributed by atoms with E-state index in [4.69, 9.17) is 28.9 Å². The molecule has 3 N–H and O–H groups in total. The highest BCUT2D eigenvalue weighted by Crippen LogP contribution is 2.47. The quantitative estimate of drug-likeness (QED) is 0.861. The average Bonchev–Trinajstić information content (AvgIpc) is 2.90. The summed E-state index contributed by atoms with van der Waals surface area (Å²) < 4.78 is 8.19. The highest BCUT2D eigenvalue weighted by atomic mass is 35.5. The zero-order valence-electron chi connectivity index (χ0n) is 10.5.